The van der Waals surface area contributed by atoms with Crippen LogP contribution in [0.4, 0.5) is 0 Å². The van der Waals surface area contributed by atoms with Crippen LogP contribution >= 0.6 is 0 Å². The smallest absolute Gasteiger partial charge is 0.246 e. The van der Waals surface area contributed by atoms with Gasteiger partial charge in [-0.2, -0.15) is 0 Å². The number of likely N-dealkylation sites (N-methyl/N-ethyl adjacent to an activating group) is 7. The molecule has 0 aromatic carbocycles. The van der Waals surface area contributed by atoms with Gasteiger partial charge in [-0.1, -0.05) is 103 Å². The van der Waals surface area contributed by atoms with E-state index in [4.69, 9.17) is 9.47 Å². The number of hydrogen-bond acceptors (Lipinski definition) is 16. The Morgan fingerprint density at radius 2 is 1.03 bits per heavy atom. The molecule has 0 bridgehead atoms. The van der Waals surface area contributed by atoms with Gasteiger partial charge in [0, 0.05) is 93.7 Å². The fourth-order valence-corrected chi connectivity index (χ4v) is 13.5. The number of carbonyl (C=O) groups excluding carboxylic acids is 11. The van der Waals surface area contributed by atoms with E-state index in [0.717, 1.165) is 50.3 Å². The lowest BCUT2D eigenvalue weighted by atomic mass is 9.85. The van der Waals surface area contributed by atoms with Crippen molar-refractivity contribution in [3.63, 3.8) is 0 Å². The Hall–Kier alpha value is -5.63. The second-order valence-corrected chi connectivity index (χ2v) is 30.3. The second-order valence-electron chi connectivity index (χ2n) is 30.3. The number of nitrogens with one attached hydrogen (secondary N) is 3. The van der Waals surface area contributed by atoms with Crippen LogP contribution in [0.1, 0.15) is 188 Å². The van der Waals surface area contributed by atoms with E-state index in [1.807, 2.05) is 48.6 Å². The highest BCUT2D eigenvalue weighted by Crippen LogP contribution is 2.29. The molecule has 0 aliphatic carbocycles. The number of hydrogen-bond donors (Lipinski definition) is 4. The molecule has 0 aromatic heterocycles. The summed E-state index contributed by atoms with van der Waals surface area (Å²) in [6.07, 6.45) is 1.79. The topological polar surface area (TPSA) is 288 Å². The Labute approximate surface area is 589 Å². The van der Waals surface area contributed by atoms with E-state index in [1.165, 1.54) is 92.6 Å². The van der Waals surface area contributed by atoms with Gasteiger partial charge in [-0.05, 0) is 128 Å². The van der Waals surface area contributed by atoms with Crippen molar-refractivity contribution in [2.45, 2.75) is 254 Å². The molecular formula is C73H133N11O14. The molecule has 0 radical (unpaired) electrons. The second kappa shape index (κ2) is 42.6. The molecule has 0 saturated carbocycles. The van der Waals surface area contributed by atoms with Crippen molar-refractivity contribution >= 4 is 64.7 Å². The van der Waals surface area contributed by atoms with Crippen LogP contribution in [0.2, 0.25) is 0 Å². The number of ketones is 2. The van der Waals surface area contributed by atoms with Gasteiger partial charge < -0.3 is 64.8 Å². The van der Waals surface area contributed by atoms with E-state index >= 15 is 33.6 Å². The maximum Gasteiger partial charge on any atom is 0.246 e. The summed E-state index contributed by atoms with van der Waals surface area (Å²) in [6, 6.07) is -11.2. The van der Waals surface area contributed by atoms with Gasteiger partial charge in [-0.15, -0.1) is 0 Å². The van der Waals surface area contributed by atoms with Crippen LogP contribution in [0.25, 0.3) is 0 Å². The molecular weight excluding hydrogens is 1250 g/mol. The zero-order chi connectivity index (χ0) is 74.9. The zero-order valence-electron chi connectivity index (χ0n) is 64.7. The van der Waals surface area contributed by atoms with Gasteiger partial charge in [0.15, 0.2) is 11.6 Å². The summed E-state index contributed by atoms with van der Waals surface area (Å²) < 4.78 is 11.9. The van der Waals surface area contributed by atoms with Crippen LogP contribution < -0.4 is 16.0 Å². The molecule has 2 saturated heterocycles. The first kappa shape index (κ1) is 88.5. The largest absolute Gasteiger partial charge is 0.390 e. The number of nitrogens with zero attached hydrogens (tertiary/aromatic N) is 8. The van der Waals surface area contributed by atoms with E-state index < -0.39 is 161 Å². The molecule has 4 N–H and O–H groups in total. The van der Waals surface area contributed by atoms with Crippen molar-refractivity contribution in [2.24, 2.45) is 47.3 Å². The SMILES string of the molecule is CC[C@@H]1NC(=O)[C@H]([C@H](O)[C@H](C)CCCCCNC)N(C)C(=O)[C@H](C(C)C)N(C)C(=O)[C@H](CC(C)C)N(C)C(=O)[C@H](CC(C)C)N(C)C(=O)[C@@H](C)NC(=O)[C@H](C)CC(=O)[C@H](CC(C)C)N(C)C(=O)[C@H](C(C)C)CC(=O)[C@H]([C@@H](C)OCCCCN2CCOCC2)N(C)C(=O)[C@@H](C)N(C)C1=O. The molecule has 564 valence electrons. The number of unbranched alkanes of at least 4 members (excludes halogenated alkanes) is 3. The normalized spacial score (nSPS) is 27.2. The molecule has 9 amide bonds. The summed E-state index contributed by atoms with van der Waals surface area (Å²) in [5.74, 6) is -10.7. The number of rotatable bonds is 24. The predicted molar refractivity (Wildman–Crippen MR) is 381 cm³/mol. The van der Waals surface area contributed by atoms with Gasteiger partial charge in [0.1, 0.15) is 48.3 Å². The zero-order valence-corrected chi connectivity index (χ0v) is 64.7. The third-order valence-corrected chi connectivity index (χ3v) is 20.1. The first-order valence-electron chi connectivity index (χ1n) is 36.5. The molecule has 0 unspecified atom stereocenters. The molecule has 2 heterocycles. The lowest BCUT2D eigenvalue weighted by Crippen LogP contribution is -2.64. The third-order valence-electron chi connectivity index (χ3n) is 20.1. The molecule has 0 spiro atoms. The van der Waals surface area contributed by atoms with Crippen LogP contribution in [0.5, 0.6) is 0 Å². The highest BCUT2D eigenvalue weighted by molar-refractivity contribution is 6.00. The molecule has 98 heavy (non-hydrogen) atoms. The van der Waals surface area contributed by atoms with E-state index in [9.17, 15) is 24.3 Å². The summed E-state index contributed by atoms with van der Waals surface area (Å²) >= 11 is 0. The summed E-state index contributed by atoms with van der Waals surface area (Å²) in [5.41, 5.74) is 0. The number of aliphatic hydroxyl groups is 1. The molecule has 14 atom stereocenters. The minimum Gasteiger partial charge on any atom is -0.390 e. The van der Waals surface area contributed by atoms with Crippen LogP contribution in [0.3, 0.4) is 0 Å². The molecule has 2 rings (SSSR count). The number of morpholine rings is 1. The minimum absolute atomic E-state index is 0.0117. The van der Waals surface area contributed by atoms with Gasteiger partial charge in [-0.3, -0.25) is 57.6 Å². The number of aliphatic hydroxyl groups excluding tert-OH is 1. The molecule has 0 aromatic rings. The number of Topliss-reactive ketones (excluding diaryl/α,β-unsaturated/α-hetero) is 2. The highest BCUT2D eigenvalue weighted by atomic mass is 16.5. The average Bonchev–Trinajstić information content (AvgIpc) is 0.803. The van der Waals surface area contributed by atoms with Crippen molar-refractivity contribution in [3.05, 3.63) is 0 Å². The van der Waals surface area contributed by atoms with Crippen LogP contribution in [-0.2, 0) is 62.2 Å². The van der Waals surface area contributed by atoms with Crippen LogP contribution in [-0.4, -0.2) is 278 Å². The van der Waals surface area contributed by atoms with Crippen molar-refractivity contribution in [2.75, 3.05) is 102 Å². The van der Waals surface area contributed by atoms with Gasteiger partial charge in [0.2, 0.25) is 53.2 Å². The predicted octanol–water partition coefficient (Wildman–Crippen LogP) is 5.12. The van der Waals surface area contributed by atoms with E-state index in [2.05, 4.69) is 20.9 Å². The lowest BCUT2D eigenvalue weighted by molar-refractivity contribution is -0.157. The van der Waals surface area contributed by atoms with E-state index in [-0.39, 0.29) is 62.9 Å². The van der Waals surface area contributed by atoms with E-state index in [1.54, 1.807) is 55.4 Å². The van der Waals surface area contributed by atoms with Crippen LogP contribution in [0.15, 0.2) is 0 Å². The van der Waals surface area contributed by atoms with Crippen molar-refractivity contribution < 1.29 is 67.3 Å². The summed E-state index contributed by atoms with van der Waals surface area (Å²) in [6.45, 7) is 33.0. The highest BCUT2D eigenvalue weighted by Gasteiger charge is 2.47. The Kier molecular flexibility index (Phi) is 38.4. The fraction of sp³-hybridized carbons (Fsp3) is 0.849. The Morgan fingerprint density at radius 3 is 1.55 bits per heavy atom. The van der Waals surface area contributed by atoms with Gasteiger partial charge >= 0.3 is 0 Å². The van der Waals surface area contributed by atoms with Crippen molar-refractivity contribution in [1.29, 1.82) is 0 Å². The van der Waals surface area contributed by atoms with Gasteiger partial charge in [-0.25, -0.2) is 0 Å². The standard InChI is InChI=1S/C73H133N11O14/c1-25-55-70(93)77(18)52(15)68(91)82(23)62(53(16)98-36-30-29-33-84-34-37-97-38-35-84)60(86)43-54(47(8)9)69(92)78(19)56(39-44(2)3)59(85)42-50(13)65(88)75-51(14)67(90)79(20)57(40-45(4)5)71(94)80(21)58(41-46(6)7)72(95)81(22)61(48(10)11)73(96)83(24)63(66(89)76-55)64(87)49(12)31-27-26-28-32-74-17/h44-58,61-64,74,87H,25-43H2,1-24H3,(H,75,88)(H,76,89)/t49-,50-,51-,52-,53-,54+,55+,56+,57+,58+,61+,62+,63+,64-/m1/s1. The molecule has 2 aliphatic heterocycles. The molecule has 2 fully saturated rings. The van der Waals surface area contributed by atoms with Crippen molar-refractivity contribution in [1.82, 2.24) is 55.1 Å². The molecule has 25 nitrogen and oxygen atoms in total. The van der Waals surface area contributed by atoms with Gasteiger partial charge in [0.05, 0.1) is 31.5 Å². The molecule has 2 aliphatic rings. The Morgan fingerprint density at radius 1 is 0.520 bits per heavy atom. The monoisotopic (exact) mass is 1390 g/mol. The van der Waals surface area contributed by atoms with E-state index in [0.29, 0.717) is 32.5 Å². The first-order chi connectivity index (χ1) is 45.7. The maximum absolute atomic E-state index is 15.4. The summed E-state index contributed by atoms with van der Waals surface area (Å²) in [4.78, 5) is 176. The fourth-order valence-electron chi connectivity index (χ4n) is 13.5. The quantitative estimate of drug-likeness (QED) is 0.0912. The Balaban J connectivity index is 3.02. The Bertz CT molecular complexity index is 2580. The number of carbonyl (C=O) groups is 11. The van der Waals surface area contributed by atoms with Gasteiger partial charge in [0.25, 0.3) is 0 Å². The number of amides is 9. The first-order valence-corrected chi connectivity index (χ1v) is 36.5. The van der Waals surface area contributed by atoms with Crippen molar-refractivity contribution in [3.8, 4) is 0 Å². The third kappa shape index (κ3) is 25.8. The summed E-state index contributed by atoms with van der Waals surface area (Å²) in [7, 11) is 12.0. The maximum atomic E-state index is 15.4. The molecule has 25 heteroatoms. The summed E-state index contributed by atoms with van der Waals surface area (Å²) in [5, 5.41) is 21.2. The number of ether oxygens (including phenoxy) is 2. The van der Waals surface area contributed by atoms with Crippen LogP contribution in [0, 0.1) is 47.3 Å². The minimum atomic E-state index is -1.61. The average molecular weight is 1390 g/mol. The lowest BCUT2D eigenvalue weighted by Gasteiger charge is -2.41.